The summed E-state index contributed by atoms with van der Waals surface area (Å²) in [6, 6.07) is 28.7. The average Bonchev–Trinajstić information content (AvgIpc) is 2.96. The van der Waals surface area contributed by atoms with Gasteiger partial charge in [-0.1, -0.05) is 66.2 Å². The summed E-state index contributed by atoms with van der Waals surface area (Å²) in [4.78, 5) is 49.9. The zero-order chi connectivity index (χ0) is 28.5. The van der Waals surface area contributed by atoms with Gasteiger partial charge in [-0.05, 0) is 48.9 Å². The van der Waals surface area contributed by atoms with E-state index in [9.17, 15) is 24.5 Å². The molecule has 0 aliphatic rings. The molecule has 0 aromatic heterocycles. The summed E-state index contributed by atoms with van der Waals surface area (Å²) in [5.74, 6) is -1.13. The van der Waals surface area contributed by atoms with Gasteiger partial charge in [0, 0.05) is 33.8 Å². The first kappa shape index (κ1) is 28.0. The lowest BCUT2D eigenvalue weighted by Gasteiger charge is -2.12. The highest BCUT2D eigenvalue weighted by Crippen LogP contribution is 2.24. The van der Waals surface area contributed by atoms with Crippen molar-refractivity contribution in [3.63, 3.8) is 0 Å². The second-order valence-electron chi connectivity index (χ2n) is 8.79. The first-order valence-corrected chi connectivity index (χ1v) is 13.2. The van der Waals surface area contributed by atoms with Crippen molar-refractivity contribution in [1.82, 2.24) is 5.32 Å². The van der Waals surface area contributed by atoms with E-state index in [-0.39, 0.29) is 28.5 Å². The Labute approximate surface area is 235 Å². The molecule has 200 valence electrons. The number of carbonyl (C=O) groups excluding carboxylic acids is 3. The number of amides is 2. The Balaban J connectivity index is 1.48. The van der Waals surface area contributed by atoms with Crippen LogP contribution in [-0.4, -0.2) is 28.3 Å². The van der Waals surface area contributed by atoms with Crippen molar-refractivity contribution < 1.29 is 19.3 Å². The molecule has 0 fully saturated rings. The standard InChI is InChI=1S/C31H25N3O5S/c1-21-8-5-9-22(16-21)17-28(33-30(36)23-10-3-2-4-11-23)31(37)32-25-13-7-15-27(19-25)40-20-29(35)24-12-6-14-26(18-24)34(38)39/h2-19H,20H2,1H3,(H,32,37)(H,33,36)/b28-17-. The Morgan fingerprint density at radius 1 is 0.850 bits per heavy atom. The molecule has 0 atom stereocenters. The van der Waals surface area contributed by atoms with Crippen LogP contribution in [0.4, 0.5) is 11.4 Å². The van der Waals surface area contributed by atoms with Crippen LogP contribution in [0.5, 0.6) is 0 Å². The number of ketones is 1. The first-order chi connectivity index (χ1) is 19.3. The lowest BCUT2D eigenvalue weighted by atomic mass is 10.1. The van der Waals surface area contributed by atoms with Gasteiger partial charge in [-0.15, -0.1) is 11.8 Å². The van der Waals surface area contributed by atoms with E-state index in [1.165, 1.54) is 30.0 Å². The summed E-state index contributed by atoms with van der Waals surface area (Å²) in [6.45, 7) is 1.94. The molecule has 2 amide bonds. The van der Waals surface area contributed by atoms with Gasteiger partial charge in [0.1, 0.15) is 5.70 Å². The topological polar surface area (TPSA) is 118 Å². The Morgan fingerprint density at radius 2 is 1.57 bits per heavy atom. The number of nitro benzene ring substituents is 1. The quantitative estimate of drug-likeness (QED) is 0.0786. The van der Waals surface area contributed by atoms with Crippen molar-refractivity contribution in [3.8, 4) is 0 Å². The van der Waals surface area contributed by atoms with E-state index in [1.54, 1.807) is 66.7 Å². The fourth-order valence-electron chi connectivity index (χ4n) is 3.76. The molecule has 4 aromatic carbocycles. The number of hydrogen-bond donors (Lipinski definition) is 2. The summed E-state index contributed by atoms with van der Waals surface area (Å²) < 4.78 is 0. The second kappa shape index (κ2) is 13.2. The predicted octanol–water partition coefficient (Wildman–Crippen LogP) is 6.29. The van der Waals surface area contributed by atoms with Crippen LogP contribution in [-0.2, 0) is 4.79 Å². The minimum Gasteiger partial charge on any atom is -0.321 e. The van der Waals surface area contributed by atoms with Gasteiger partial charge in [0.05, 0.1) is 10.7 Å². The summed E-state index contributed by atoms with van der Waals surface area (Å²) in [7, 11) is 0. The van der Waals surface area contributed by atoms with Crippen LogP contribution >= 0.6 is 11.8 Å². The zero-order valence-corrected chi connectivity index (χ0v) is 22.3. The SMILES string of the molecule is Cc1cccc(/C=C(\NC(=O)c2ccccc2)C(=O)Nc2cccc(SCC(=O)c3cccc([N+](=O)[O-])c3)c2)c1. The first-order valence-electron chi connectivity index (χ1n) is 12.2. The molecule has 40 heavy (non-hydrogen) atoms. The molecule has 0 aliphatic heterocycles. The minimum absolute atomic E-state index is 0.0597. The van der Waals surface area contributed by atoms with Gasteiger partial charge in [-0.2, -0.15) is 0 Å². The van der Waals surface area contributed by atoms with Crippen molar-refractivity contribution in [2.75, 3.05) is 11.1 Å². The molecule has 2 N–H and O–H groups in total. The summed E-state index contributed by atoms with van der Waals surface area (Å²) in [5.41, 5.74) is 2.83. The van der Waals surface area contributed by atoms with Gasteiger partial charge in [0.2, 0.25) is 0 Å². The highest BCUT2D eigenvalue weighted by Gasteiger charge is 2.16. The second-order valence-corrected chi connectivity index (χ2v) is 9.84. The molecular formula is C31H25N3O5S. The van der Waals surface area contributed by atoms with Gasteiger partial charge >= 0.3 is 0 Å². The van der Waals surface area contributed by atoms with Gasteiger partial charge in [-0.25, -0.2) is 0 Å². The number of nitrogens with zero attached hydrogens (tertiary/aromatic N) is 1. The normalized spacial score (nSPS) is 11.0. The molecule has 9 heteroatoms. The third-order valence-corrected chi connectivity index (χ3v) is 6.72. The number of nitrogens with one attached hydrogen (secondary N) is 2. The molecule has 0 heterocycles. The maximum absolute atomic E-state index is 13.3. The maximum atomic E-state index is 13.3. The van der Waals surface area contributed by atoms with Gasteiger partial charge < -0.3 is 10.6 Å². The van der Waals surface area contributed by atoms with Crippen LogP contribution < -0.4 is 10.6 Å². The summed E-state index contributed by atoms with van der Waals surface area (Å²) >= 11 is 1.24. The third-order valence-electron chi connectivity index (χ3n) is 5.72. The Hall–Kier alpha value is -5.02. The van der Waals surface area contributed by atoms with Crippen molar-refractivity contribution in [1.29, 1.82) is 0 Å². The van der Waals surface area contributed by atoms with Crippen LogP contribution in [0.1, 0.15) is 31.8 Å². The number of nitro groups is 1. The van der Waals surface area contributed by atoms with E-state index >= 15 is 0 Å². The van der Waals surface area contributed by atoms with Crippen molar-refractivity contribution in [2.45, 2.75) is 11.8 Å². The summed E-state index contributed by atoms with van der Waals surface area (Å²) in [5, 5.41) is 16.5. The number of carbonyl (C=O) groups is 3. The Morgan fingerprint density at radius 3 is 2.33 bits per heavy atom. The lowest BCUT2D eigenvalue weighted by molar-refractivity contribution is -0.384. The van der Waals surface area contributed by atoms with Crippen molar-refractivity contribution in [3.05, 3.63) is 141 Å². The molecule has 0 unspecified atom stereocenters. The molecule has 0 bridgehead atoms. The van der Waals surface area contributed by atoms with E-state index in [4.69, 9.17) is 0 Å². The molecule has 0 saturated carbocycles. The van der Waals surface area contributed by atoms with Gasteiger partial charge in [-0.3, -0.25) is 24.5 Å². The van der Waals surface area contributed by atoms with Crippen LogP contribution in [0.2, 0.25) is 0 Å². The highest BCUT2D eigenvalue weighted by molar-refractivity contribution is 8.00. The number of benzene rings is 4. The smallest absolute Gasteiger partial charge is 0.272 e. The van der Waals surface area contributed by atoms with Crippen LogP contribution in [0, 0.1) is 17.0 Å². The third kappa shape index (κ3) is 7.75. The molecule has 8 nitrogen and oxygen atoms in total. The van der Waals surface area contributed by atoms with Crippen LogP contribution in [0.3, 0.4) is 0 Å². The van der Waals surface area contributed by atoms with Crippen molar-refractivity contribution >= 4 is 46.8 Å². The molecule has 0 aliphatic carbocycles. The fourth-order valence-corrected chi connectivity index (χ4v) is 4.61. The average molecular weight is 552 g/mol. The lowest BCUT2D eigenvalue weighted by Crippen LogP contribution is -2.30. The number of Topliss-reactive ketones (excluding diaryl/α,β-unsaturated/α-hetero) is 1. The van der Waals surface area contributed by atoms with Crippen LogP contribution in [0.25, 0.3) is 6.08 Å². The maximum Gasteiger partial charge on any atom is 0.272 e. The van der Waals surface area contributed by atoms with Gasteiger partial charge in [0.25, 0.3) is 17.5 Å². The molecule has 0 saturated heterocycles. The van der Waals surface area contributed by atoms with Gasteiger partial charge in [0.15, 0.2) is 5.78 Å². The number of non-ortho nitro benzene ring substituents is 1. The molecule has 4 rings (SSSR count). The molecule has 4 aromatic rings. The number of anilines is 1. The minimum atomic E-state index is -0.542. The highest BCUT2D eigenvalue weighted by atomic mass is 32.2. The van der Waals surface area contributed by atoms with E-state index in [0.29, 0.717) is 16.1 Å². The van der Waals surface area contributed by atoms with E-state index in [2.05, 4.69) is 10.6 Å². The molecular weight excluding hydrogens is 526 g/mol. The number of hydrogen-bond acceptors (Lipinski definition) is 6. The Bertz CT molecular complexity index is 1600. The largest absolute Gasteiger partial charge is 0.321 e. The fraction of sp³-hybridized carbons (Fsp3) is 0.0645. The molecule has 0 spiro atoms. The van der Waals surface area contributed by atoms with E-state index in [1.807, 2.05) is 31.2 Å². The van der Waals surface area contributed by atoms with Crippen LogP contribution in [0.15, 0.2) is 114 Å². The summed E-state index contributed by atoms with van der Waals surface area (Å²) in [6.07, 6.45) is 1.61. The van der Waals surface area contributed by atoms with Crippen molar-refractivity contribution in [2.24, 2.45) is 0 Å². The van der Waals surface area contributed by atoms with E-state index < -0.39 is 16.7 Å². The molecule has 0 radical (unpaired) electrons. The Kier molecular flexibility index (Phi) is 9.22. The zero-order valence-electron chi connectivity index (χ0n) is 21.5. The number of rotatable bonds is 10. The predicted molar refractivity (Wildman–Crippen MR) is 156 cm³/mol. The number of thioether (sulfide) groups is 1. The van der Waals surface area contributed by atoms with E-state index in [0.717, 1.165) is 11.1 Å². The monoisotopic (exact) mass is 551 g/mol. The number of aryl methyl sites for hydroxylation is 1.